The number of hydrogen-bond donors (Lipinski definition) is 0. The van der Waals surface area contributed by atoms with Gasteiger partial charge in [0.15, 0.2) is 8.32 Å². The molecule has 0 aromatic carbocycles. The normalized spacial score (nSPS) is 14.1. The highest BCUT2D eigenvalue weighted by Crippen LogP contribution is 2.38. The molecule has 0 fully saturated rings. The molecule has 0 heterocycles. The Bertz CT molecular complexity index is 265. The summed E-state index contributed by atoms with van der Waals surface area (Å²) in [6.45, 7) is 15.8. The molecule has 0 saturated heterocycles. The fourth-order valence-corrected chi connectivity index (χ4v) is 2.82. The minimum Gasteiger partial charge on any atom is -0.413 e. The summed E-state index contributed by atoms with van der Waals surface area (Å²) in [5, 5.41) is 0.289. The Labute approximate surface area is 109 Å². The Balaban J connectivity index is 4.53. The predicted molar refractivity (Wildman–Crippen MR) is 79.7 cm³/mol. The van der Waals surface area contributed by atoms with Gasteiger partial charge in [-0.2, -0.15) is 0 Å². The van der Waals surface area contributed by atoms with Crippen LogP contribution in [0, 0.1) is 11.8 Å². The van der Waals surface area contributed by atoms with Gasteiger partial charge in [0.1, 0.15) is 0 Å². The summed E-state index contributed by atoms with van der Waals surface area (Å²) in [4.78, 5) is 0. The molecule has 0 aromatic heterocycles. The third-order valence-electron chi connectivity index (χ3n) is 3.51. The van der Waals surface area contributed by atoms with Crippen LogP contribution < -0.4 is 0 Å². The van der Waals surface area contributed by atoms with Gasteiger partial charge in [-0.15, -0.1) is 11.8 Å². The second kappa shape index (κ2) is 7.23. The standard InChI is InChI=1S/C15H30OSi/c1-8-10-11-13-14(12-9-2)16-17(6,7)15(3,4)5/h14H,8-9,12-13H2,1-7H3/t14-/m1/s1. The zero-order valence-corrected chi connectivity index (χ0v) is 13.8. The maximum atomic E-state index is 6.43. The van der Waals surface area contributed by atoms with E-state index in [2.05, 4.69) is 59.6 Å². The Morgan fingerprint density at radius 2 is 1.71 bits per heavy atom. The molecule has 17 heavy (non-hydrogen) atoms. The Kier molecular flexibility index (Phi) is 7.12. The monoisotopic (exact) mass is 254 g/mol. The lowest BCUT2D eigenvalue weighted by Gasteiger charge is -2.39. The van der Waals surface area contributed by atoms with Gasteiger partial charge in [-0.05, 0) is 24.6 Å². The van der Waals surface area contributed by atoms with Crippen molar-refractivity contribution in [2.24, 2.45) is 0 Å². The van der Waals surface area contributed by atoms with E-state index in [0.717, 1.165) is 19.3 Å². The third kappa shape index (κ3) is 6.28. The fraction of sp³-hybridized carbons (Fsp3) is 0.867. The highest BCUT2D eigenvalue weighted by Gasteiger charge is 2.38. The van der Waals surface area contributed by atoms with Gasteiger partial charge < -0.3 is 4.43 Å². The predicted octanol–water partition coefficient (Wildman–Crippen LogP) is 4.98. The molecular weight excluding hydrogens is 224 g/mol. The van der Waals surface area contributed by atoms with Gasteiger partial charge in [-0.3, -0.25) is 0 Å². The van der Waals surface area contributed by atoms with E-state index in [1.807, 2.05) is 0 Å². The van der Waals surface area contributed by atoms with Crippen molar-refractivity contribution in [2.45, 2.75) is 84.5 Å². The SMILES string of the molecule is CCC#CC[C@@H](CCC)O[Si](C)(C)C(C)(C)C. The summed E-state index contributed by atoms with van der Waals surface area (Å²) in [6.07, 6.45) is 4.48. The van der Waals surface area contributed by atoms with Gasteiger partial charge in [-0.1, -0.05) is 41.0 Å². The zero-order chi connectivity index (χ0) is 13.5. The van der Waals surface area contributed by atoms with E-state index in [1.54, 1.807) is 0 Å². The summed E-state index contributed by atoms with van der Waals surface area (Å²) in [7, 11) is -1.63. The van der Waals surface area contributed by atoms with Gasteiger partial charge in [0.05, 0.1) is 6.10 Å². The van der Waals surface area contributed by atoms with Crippen molar-refractivity contribution in [1.82, 2.24) is 0 Å². The van der Waals surface area contributed by atoms with E-state index < -0.39 is 8.32 Å². The van der Waals surface area contributed by atoms with E-state index in [-0.39, 0.29) is 5.04 Å². The first-order valence-corrected chi connectivity index (χ1v) is 9.79. The summed E-state index contributed by atoms with van der Waals surface area (Å²) in [5.41, 5.74) is 0. The van der Waals surface area contributed by atoms with E-state index in [0.29, 0.717) is 6.10 Å². The summed E-state index contributed by atoms with van der Waals surface area (Å²) >= 11 is 0. The first-order chi connectivity index (χ1) is 7.74. The van der Waals surface area contributed by atoms with Gasteiger partial charge >= 0.3 is 0 Å². The molecule has 0 aliphatic heterocycles. The number of rotatable bonds is 5. The van der Waals surface area contributed by atoms with E-state index >= 15 is 0 Å². The number of hydrogen-bond acceptors (Lipinski definition) is 1. The van der Waals surface area contributed by atoms with Crippen LogP contribution in [0.15, 0.2) is 0 Å². The van der Waals surface area contributed by atoms with E-state index in [9.17, 15) is 0 Å². The highest BCUT2D eigenvalue weighted by atomic mass is 28.4. The lowest BCUT2D eigenvalue weighted by Crippen LogP contribution is -2.43. The quantitative estimate of drug-likeness (QED) is 0.496. The average molecular weight is 254 g/mol. The van der Waals surface area contributed by atoms with Crippen molar-refractivity contribution in [3.8, 4) is 11.8 Å². The van der Waals surface area contributed by atoms with Crippen LogP contribution in [0.2, 0.25) is 18.1 Å². The molecule has 1 atom stereocenters. The van der Waals surface area contributed by atoms with Crippen LogP contribution in [0.5, 0.6) is 0 Å². The average Bonchev–Trinajstić information content (AvgIpc) is 2.16. The molecule has 0 aliphatic rings. The molecule has 0 aromatic rings. The molecule has 0 aliphatic carbocycles. The highest BCUT2D eigenvalue weighted by molar-refractivity contribution is 6.74. The van der Waals surface area contributed by atoms with Crippen LogP contribution in [0.25, 0.3) is 0 Å². The second-order valence-electron chi connectivity index (χ2n) is 6.20. The van der Waals surface area contributed by atoms with Crippen molar-refractivity contribution < 1.29 is 4.43 Å². The van der Waals surface area contributed by atoms with Crippen LogP contribution >= 0.6 is 0 Å². The van der Waals surface area contributed by atoms with Crippen LogP contribution in [0.4, 0.5) is 0 Å². The van der Waals surface area contributed by atoms with Gasteiger partial charge in [-0.25, -0.2) is 0 Å². The lowest BCUT2D eigenvalue weighted by molar-refractivity contribution is 0.175. The van der Waals surface area contributed by atoms with Crippen LogP contribution in [0.3, 0.4) is 0 Å². The molecule has 0 amide bonds. The fourth-order valence-electron chi connectivity index (χ4n) is 1.43. The molecule has 0 saturated carbocycles. The molecule has 0 radical (unpaired) electrons. The maximum absolute atomic E-state index is 6.43. The van der Waals surface area contributed by atoms with Crippen LogP contribution in [-0.4, -0.2) is 14.4 Å². The van der Waals surface area contributed by atoms with Crippen molar-refractivity contribution in [1.29, 1.82) is 0 Å². The van der Waals surface area contributed by atoms with Crippen molar-refractivity contribution in [3.05, 3.63) is 0 Å². The van der Waals surface area contributed by atoms with Gasteiger partial charge in [0.2, 0.25) is 0 Å². The lowest BCUT2D eigenvalue weighted by atomic mass is 10.1. The van der Waals surface area contributed by atoms with Crippen molar-refractivity contribution in [3.63, 3.8) is 0 Å². The summed E-state index contributed by atoms with van der Waals surface area (Å²) in [6, 6.07) is 0. The summed E-state index contributed by atoms with van der Waals surface area (Å²) in [5.74, 6) is 6.39. The van der Waals surface area contributed by atoms with Gasteiger partial charge in [0.25, 0.3) is 0 Å². The molecule has 100 valence electrons. The Hall–Kier alpha value is -0.263. The Morgan fingerprint density at radius 3 is 2.12 bits per heavy atom. The smallest absolute Gasteiger partial charge is 0.192 e. The Morgan fingerprint density at radius 1 is 1.12 bits per heavy atom. The summed E-state index contributed by atoms with van der Waals surface area (Å²) < 4.78 is 6.43. The van der Waals surface area contributed by atoms with E-state index in [1.165, 1.54) is 6.42 Å². The van der Waals surface area contributed by atoms with Crippen molar-refractivity contribution in [2.75, 3.05) is 0 Å². The first kappa shape index (κ1) is 16.7. The molecule has 0 unspecified atom stereocenters. The van der Waals surface area contributed by atoms with Crippen LogP contribution in [-0.2, 0) is 4.43 Å². The molecular formula is C15H30OSi. The molecule has 1 nitrogen and oxygen atoms in total. The maximum Gasteiger partial charge on any atom is 0.192 e. The molecule has 0 N–H and O–H groups in total. The first-order valence-electron chi connectivity index (χ1n) is 6.88. The third-order valence-corrected chi connectivity index (χ3v) is 8.04. The largest absolute Gasteiger partial charge is 0.413 e. The van der Waals surface area contributed by atoms with E-state index in [4.69, 9.17) is 4.43 Å². The van der Waals surface area contributed by atoms with Crippen LogP contribution in [0.1, 0.15) is 60.3 Å². The topological polar surface area (TPSA) is 9.23 Å². The minimum atomic E-state index is -1.63. The molecule has 0 spiro atoms. The van der Waals surface area contributed by atoms with Gasteiger partial charge in [0, 0.05) is 12.8 Å². The van der Waals surface area contributed by atoms with Crippen molar-refractivity contribution >= 4 is 8.32 Å². The minimum absolute atomic E-state index is 0.289. The zero-order valence-electron chi connectivity index (χ0n) is 12.8. The molecule has 0 rings (SSSR count). The molecule has 2 heteroatoms. The molecule has 0 bridgehead atoms. The second-order valence-corrected chi connectivity index (χ2v) is 11.0.